The Balaban J connectivity index is 4.20. The largest absolute Gasteiger partial charge is 0.462 e. The van der Waals surface area contributed by atoms with E-state index in [9.17, 15) is 14.4 Å². The molecule has 1 atom stereocenters. The van der Waals surface area contributed by atoms with Gasteiger partial charge in [-0.1, -0.05) is 270 Å². The Morgan fingerprint density at radius 2 is 0.500 bits per heavy atom. The summed E-state index contributed by atoms with van der Waals surface area (Å²) in [5.41, 5.74) is 0. The van der Waals surface area contributed by atoms with Crippen molar-refractivity contribution >= 4 is 17.9 Å². The number of allylic oxidation sites excluding steroid dienone is 22. The number of esters is 3. The summed E-state index contributed by atoms with van der Waals surface area (Å²) in [4.78, 5) is 38.2. The average molecular weight is 1080 g/mol. The number of carbonyl (C=O) groups is 3. The van der Waals surface area contributed by atoms with Crippen molar-refractivity contribution in [2.45, 2.75) is 290 Å². The number of carbonyl (C=O) groups excluding carboxylic acids is 3. The van der Waals surface area contributed by atoms with E-state index in [1.54, 1.807) is 0 Å². The van der Waals surface area contributed by atoms with Gasteiger partial charge in [-0.15, -0.1) is 0 Å². The molecule has 0 aromatic heterocycles. The van der Waals surface area contributed by atoms with E-state index in [0.29, 0.717) is 19.3 Å². The summed E-state index contributed by atoms with van der Waals surface area (Å²) in [6, 6.07) is 0. The zero-order chi connectivity index (χ0) is 56.4. The summed E-state index contributed by atoms with van der Waals surface area (Å²) in [6.07, 6.45) is 91.8. The summed E-state index contributed by atoms with van der Waals surface area (Å²) in [7, 11) is 0. The van der Waals surface area contributed by atoms with Gasteiger partial charge in [-0.25, -0.2) is 0 Å². The Labute approximate surface area is 481 Å². The van der Waals surface area contributed by atoms with Gasteiger partial charge < -0.3 is 14.2 Å². The van der Waals surface area contributed by atoms with E-state index < -0.39 is 6.10 Å². The topological polar surface area (TPSA) is 78.9 Å². The molecular formula is C72H118O6. The molecule has 6 nitrogen and oxygen atoms in total. The quantitative estimate of drug-likeness (QED) is 0.0261. The summed E-state index contributed by atoms with van der Waals surface area (Å²) >= 11 is 0. The van der Waals surface area contributed by atoms with Crippen LogP contribution in [-0.2, 0) is 28.6 Å². The molecule has 442 valence electrons. The molecule has 0 saturated carbocycles. The van der Waals surface area contributed by atoms with Crippen molar-refractivity contribution in [1.82, 2.24) is 0 Å². The maximum absolute atomic E-state index is 12.9. The van der Waals surface area contributed by atoms with Gasteiger partial charge in [0, 0.05) is 19.3 Å². The number of hydrogen-bond donors (Lipinski definition) is 0. The van der Waals surface area contributed by atoms with E-state index in [1.165, 1.54) is 96.3 Å². The summed E-state index contributed by atoms with van der Waals surface area (Å²) in [6.45, 7) is 6.34. The first-order chi connectivity index (χ1) is 38.5. The van der Waals surface area contributed by atoms with Gasteiger partial charge in [-0.2, -0.15) is 0 Å². The number of unbranched alkanes of at least 4 members (excludes halogenated alkanes) is 24. The molecule has 0 aromatic carbocycles. The van der Waals surface area contributed by atoms with Crippen molar-refractivity contribution in [2.75, 3.05) is 13.2 Å². The standard InChI is InChI=1S/C72H118O6/c1-4-7-10-13-16-19-22-24-26-28-29-30-31-32-33-34-35-36-37-38-39-40-41-42-43-45-46-48-50-53-56-59-62-65-71(74)77-68-69(67-76-70(73)64-61-58-55-52-21-18-15-12-9-6-3)78-72(75)66-63-60-57-54-51-49-47-44-27-25-23-20-17-14-11-8-5-2/h7-8,10-12,15-17,19-20,24-27,29-30,32-33,35-36,38-39,69H,4-6,9,13-14,18,21-23,28,31,34,37,40-68H2,1-3H3/b10-7-,11-8-,15-12-,19-16-,20-17-,26-24-,27-25-,30-29-,33-32-,36-35-,39-38-. The first-order valence-corrected chi connectivity index (χ1v) is 32.2. The first kappa shape index (κ1) is 73.5. The SMILES string of the molecule is CC/C=C\C/C=C\C/C=C\C/C=C\C/C=C\C/C=C\C/C=C\CCCCCCCCCCCCCC(=O)OCC(COC(=O)CCCCCCC/C=C\CCC)OC(=O)CCCCCCCCC/C=C\C/C=C\C/C=C\CC. The van der Waals surface area contributed by atoms with Gasteiger partial charge in [-0.3, -0.25) is 14.4 Å². The molecule has 0 bridgehead atoms. The van der Waals surface area contributed by atoms with Crippen LogP contribution in [0, 0.1) is 0 Å². The van der Waals surface area contributed by atoms with E-state index in [2.05, 4.69) is 154 Å². The maximum atomic E-state index is 12.9. The van der Waals surface area contributed by atoms with Crippen molar-refractivity contribution in [2.24, 2.45) is 0 Å². The zero-order valence-corrected chi connectivity index (χ0v) is 50.6. The fourth-order valence-electron chi connectivity index (χ4n) is 8.62. The van der Waals surface area contributed by atoms with Crippen molar-refractivity contribution < 1.29 is 28.6 Å². The monoisotopic (exact) mass is 1080 g/mol. The van der Waals surface area contributed by atoms with Crippen LogP contribution in [0.5, 0.6) is 0 Å². The molecule has 0 radical (unpaired) electrons. The second kappa shape index (κ2) is 65.1. The van der Waals surface area contributed by atoms with E-state index in [4.69, 9.17) is 14.2 Å². The Morgan fingerprint density at radius 1 is 0.269 bits per heavy atom. The highest BCUT2D eigenvalue weighted by atomic mass is 16.6. The molecule has 0 heterocycles. The van der Waals surface area contributed by atoms with E-state index in [0.717, 1.165) is 148 Å². The van der Waals surface area contributed by atoms with Crippen LogP contribution >= 0.6 is 0 Å². The van der Waals surface area contributed by atoms with Gasteiger partial charge in [0.1, 0.15) is 13.2 Å². The normalized spacial score (nSPS) is 13.0. The van der Waals surface area contributed by atoms with Crippen molar-refractivity contribution in [1.29, 1.82) is 0 Å². The van der Waals surface area contributed by atoms with Crippen molar-refractivity contribution in [3.63, 3.8) is 0 Å². The van der Waals surface area contributed by atoms with Gasteiger partial charge in [0.15, 0.2) is 6.10 Å². The third kappa shape index (κ3) is 62.4. The van der Waals surface area contributed by atoms with Crippen LogP contribution in [0.25, 0.3) is 0 Å². The molecule has 1 unspecified atom stereocenters. The predicted molar refractivity (Wildman–Crippen MR) is 339 cm³/mol. The second-order valence-corrected chi connectivity index (χ2v) is 20.9. The lowest BCUT2D eigenvalue weighted by Crippen LogP contribution is -2.30. The van der Waals surface area contributed by atoms with Crippen LogP contribution in [0.3, 0.4) is 0 Å². The molecule has 0 rings (SSSR count). The minimum absolute atomic E-state index is 0.0884. The molecule has 0 fully saturated rings. The van der Waals surface area contributed by atoms with Crippen LogP contribution < -0.4 is 0 Å². The highest BCUT2D eigenvalue weighted by molar-refractivity contribution is 5.71. The number of ether oxygens (including phenoxy) is 3. The molecule has 78 heavy (non-hydrogen) atoms. The Kier molecular flexibility index (Phi) is 61.4. The molecule has 0 spiro atoms. The average Bonchev–Trinajstić information content (AvgIpc) is 3.44. The van der Waals surface area contributed by atoms with Crippen molar-refractivity contribution in [3.05, 3.63) is 134 Å². The lowest BCUT2D eigenvalue weighted by Gasteiger charge is -2.18. The fourth-order valence-corrected chi connectivity index (χ4v) is 8.62. The van der Waals surface area contributed by atoms with Crippen LogP contribution in [0.4, 0.5) is 0 Å². The maximum Gasteiger partial charge on any atom is 0.306 e. The summed E-state index contributed by atoms with van der Waals surface area (Å²) in [5, 5.41) is 0. The van der Waals surface area contributed by atoms with E-state index >= 15 is 0 Å². The minimum atomic E-state index is -0.791. The molecule has 6 heteroatoms. The van der Waals surface area contributed by atoms with Crippen LogP contribution in [-0.4, -0.2) is 37.2 Å². The van der Waals surface area contributed by atoms with Gasteiger partial charge in [0.2, 0.25) is 0 Å². The van der Waals surface area contributed by atoms with Crippen molar-refractivity contribution in [3.8, 4) is 0 Å². The minimum Gasteiger partial charge on any atom is -0.462 e. The first-order valence-electron chi connectivity index (χ1n) is 32.2. The molecular weight excluding hydrogens is 961 g/mol. The number of hydrogen-bond acceptors (Lipinski definition) is 6. The summed E-state index contributed by atoms with van der Waals surface area (Å²) < 4.78 is 16.9. The third-order valence-corrected chi connectivity index (χ3v) is 13.4. The molecule has 0 aliphatic carbocycles. The Hall–Kier alpha value is -4.45. The molecule has 0 N–H and O–H groups in total. The second-order valence-electron chi connectivity index (χ2n) is 20.9. The molecule has 0 amide bonds. The molecule has 0 aromatic rings. The molecule has 0 aliphatic rings. The number of rotatable bonds is 57. The van der Waals surface area contributed by atoms with E-state index in [1.807, 2.05) is 0 Å². The molecule has 0 saturated heterocycles. The highest BCUT2D eigenvalue weighted by Crippen LogP contribution is 2.15. The lowest BCUT2D eigenvalue weighted by atomic mass is 10.0. The Morgan fingerprint density at radius 3 is 0.795 bits per heavy atom. The lowest BCUT2D eigenvalue weighted by molar-refractivity contribution is -0.167. The van der Waals surface area contributed by atoms with Crippen LogP contribution in [0.2, 0.25) is 0 Å². The third-order valence-electron chi connectivity index (χ3n) is 13.4. The fraction of sp³-hybridized carbons (Fsp3) is 0.653. The van der Waals surface area contributed by atoms with Gasteiger partial charge in [0.25, 0.3) is 0 Å². The van der Waals surface area contributed by atoms with Crippen LogP contribution in [0.15, 0.2) is 134 Å². The van der Waals surface area contributed by atoms with Gasteiger partial charge >= 0.3 is 17.9 Å². The smallest absolute Gasteiger partial charge is 0.306 e. The van der Waals surface area contributed by atoms with Gasteiger partial charge in [0.05, 0.1) is 0 Å². The Bertz CT molecular complexity index is 1670. The van der Waals surface area contributed by atoms with Crippen LogP contribution in [0.1, 0.15) is 284 Å². The predicted octanol–water partition coefficient (Wildman–Crippen LogP) is 22.2. The molecule has 0 aliphatic heterocycles. The van der Waals surface area contributed by atoms with E-state index in [-0.39, 0.29) is 31.1 Å². The highest BCUT2D eigenvalue weighted by Gasteiger charge is 2.19. The zero-order valence-electron chi connectivity index (χ0n) is 50.6. The van der Waals surface area contributed by atoms with Gasteiger partial charge in [-0.05, 0) is 128 Å². The summed E-state index contributed by atoms with van der Waals surface area (Å²) in [5.74, 6) is -0.911.